The second-order valence-corrected chi connectivity index (χ2v) is 14.1. The van der Waals surface area contributed by atoms with Crippen molar-refractivity contribution in [2.24, 2.45) is 0 Å². The van der Waals surface area contributed by atoms with Gasteiger partial charge in [0.1, 0.15) is 28.9 Å². The number of likely N-dealkylation sites (tertiary alicyclic amines) is 1. The van der Waals surface area contributed by atoms with Crippen LogP contribution in [-0.4, -0.2) is 73.4 Å². The first-order valence-corrected chi connectivity index (χ1v) is 17.7. The number of alkyl halides is 1. The number of hydrogen-bond acceptors (Lipinski definition) is 9. The molecule has 10 nitrogen and oxygen atoms in total. The molecule has 1 N–H and O–H groups in total. The Kier molecular flexibility index (Phi) is 9.04. The lowest BCUT2D eigenvalue weighted by molar-refractivity contribution is 0.0699. The fraction of sp³-hybridized carbons (Fsp3) is 0.351. The van der Waals surface area contributed by atoms with E-state index in [-0.39, 0.29) is 34.7 Å². The summed E-state index contributed by atoms with van der Waals surface area (Å²) < 4.78 is 16.5. The number of carboxylic acids is 1. The number of fused-ring (bicyclic) bond motifs is 2. The van der Waals surface area contributed by atoms with Crippen molar-refractivity contribution in [1.29, 1.82) is 5.26 Å². The second-order valence-electron chi connectivity index (χ2n) is 12.8. The number of benzene rings is 1. The van der Waals surface area contributed by atoms with Gasteiger partial charge in [-0.05, 0) is 63.8 Å². The van der Waals surface area contributed by atoms with Gasteiger partial charge in [0.2, 0.25) is 0 Å². The summed E-state index contributed by atoms with van der Waals surface area (Å²) in [6, 6.07) is 9.45. The average molecular weight is 710 g/mol. The standard InChI is InChI=1S/C37H33ClFN7O3S/c1-3-45(25-9-15-44(16-10-25)21-37(39)11-12-37)34-28(18-40)31-30(19-42-34)43-22(2)46(35(31)47)14-4-5-23-6-7-24(38)17-27(23)26-8-13-41-32-29(36(48)49)20-50-33(26)32/h6-8,13,17,19-20,25H,3,9-12,14-16,21H2,1-2H3,(H,48,49). The van der Waals surface area contributed by atoms with Gasteiger partial charge in [0, 0.05) is 65.5 Å². The van der Waals surface area contributed by atoms with Gasteiger partial charge >= 0.3 is 5.97 Å². The van der Waals surface area contributed by atoms with Crippen LogP contribution in [0.5, 0.6) is 0 Å². The highest BCUT2D eigenvalue weighted by molar-refractivity contribution is 7.18. The largest absolute Gasteiger partial charge is 0.478 e. The molecule has 1 aliphatic heterocycles. The molecule has 2 aliphatic rings. The van der Waals surface area contributed by atoms with Crippen molar-refractivity contribution in [2.75, 3.05) is 31.1 Å². The molecule has 254 valence electrons. The fourth-order valence-corrected chi connectivity index (χ4v) is 8.04. The molecule has 0 unspecified atom stereocenters. The lowest BCUT2D eigenvalue weighted by Gasteiger charge is -2.39. The third-order valence-corrected chi connectivity index (χ3v) is 10.8. The Labute approximate surface area is 296 Å². The number of carboxylic acid groups (broad SMARTS) is 1. The van der Waals surface area contributed by atoms with E-state index in [2.05, 4.69) is 42.7 Å². The molecule has 0 atom stereocenters. The maximum atomic E-state index is 14.4. The number of pyridine rings is 2. The quantitative estimate of drug-likeness (QED) is 0.181. The molecule has 1 saturated carbocycles. The molecule has 5 heterocycles. The number of aromatic carboxylic acids is 1. The van der Waals surface area contributed by atoms with Gasteiger partial charge in [-0.1, -0.05) is 23.4 Å². The SMILES string of the molecule is CCN(c1ncc2nc(C)n(CC#Cc3ccc(Cl)cc3-c3ccnc4c(C(=O)O)csc34)c(=O)c2c1C#N)C1CCN(CC2(F)CC2)CC1. The van der Waals surface area contributed by atoms with E-state index in [1.54, 1.807) is 49.0 Å². The minimum atomic E-state index is -1.05. The number of hydrogen-bond donors (Lipinski definition) is 1. The van der Waals surface area contributed by atoms with Crippen molar-refractivity contribution in [1.82, 2.24) is 24.4 Å². The van der Waals surface area contributed by atoms with E-state index >= 15 is 0 Å². The first-order valence-electron chi connectivity index (χ1n) is 16.5. The second kappa shape index (κ2) is 13.4. The molecule has 1 aromatic carbocycles. The minimum Gasteiger partial charge on any atom is -0.478 e. The Morgan fingerprint density at radius 1 is 1.22 bits per heavy atom. The van der Waals surface area contributed by atoms with Crippen molar-refractivity contribution in [2.45, 2.75) is 57.8 Å². The van der Waals surface area contributed by atoms with Gasteiger partial charge in [-0.15, -0.1) is 11.3 Å². The number of halogens is 2. The molecule has 0 spiro atoms. The van der Waals surface area contributed by atoms with Crippen LogP contribution in [0.1, 0.15) is 59.9 Å². The summed E-state index contributed by atoms with van der Waals surface area (Å²) in [6.07, 6.45) is 6.02. The van der Waals surface area contributed by atoms with E-state index in [4.69, 9.17) is 11.6 Å². The number of nitrogens with zero attached hydrogens (tertiary/aromatic N) is 7. The summed E-state index contributed by atoms with van der Waals surface area (Å²) in [5.74, 6) is 6.12. The minimum absolute atomic E-state index is 0.0120. The van der Waals surface area contributed by atoms with Crippen LogP contribution < -0.4 is 10.5 Å². The summed E-state index contributed by atoms with van der Waals surface area (Å²) in [5, 5.41) is 22.3. The van der Waals surface area contributed by atoms with Crippen molar-refractivity contribution < 1.29 is 14.3 Å². The van der Waals surface area contributed by atoms with Crippen LogP contribution in [0.15, 0.2) is 46.8 Å². The van der Waals surface area contributed by atoms with E-state index in [1.807, 2.05) is 6.92 Å². The lowest BCUT2D eigenvalue weighted by atomic mass is 10.00. The van der Waals surface area contributed by atoms with Gasteiger partial charge in [-0.25, -0.2) is 19.2 Å². The topological polar surface area (TPSA) is 128 Å². The first-order chi connectivity index (χ1) is 24.1. The normalized spacial score (nSPS) is 15.8. The predicted molar refractivity (Wildman–Crippen MR) is 193 cm³/mol. The smallest absolute Gasteiger partial charge is 0.338 e. The number of nitriles is 1. The van der Waals surface area contributed by atoms with Crippen LogP contribution in [0.4, 0.5) is 10.2 Å². The third-order valence-electron chi connectivity index (χ3n) is 9.61. The molecule has 13 heteroatoms. The zero-order valence-corrected chi connectivity index (χ0v) is 29.1. The molecule has 0 amide bonds. The van der Waals surface area contributed by atoms with E-state index < -0.39 is 11.6 Å². The predicted octanol–water partition coefficient (Wildman–Crippen LogP) is 6.44. The highest BCUT2D eigenvalue weighted by Crippen LogP contribution is 2.41. The fourth-order valence-electron chi connectivity index (χ4n) is 6.84. The Balaban J connectivity index is 1.20. The molecule has 0 bridgehead atoms. The van der Waals surface area contributed by atoms with Gasteiger partial charge in [-0.3, -0.25) is 14.3 Å². The van der Waals surface area contributed by atoms with Crippen molar-refractivity contribution in [3.63, 3.8) is 0 Å². The molecule has 0 radical (unpaired) electrons. The number of anilines is 1. The molecule has 4 aromatic heterocycles. The molecule has 1 aliphatic carbocycles. The molecule has 1 saturated heterocycles. The lowest BCUT2D eigenvalue weighted by Crippen LogP contribution is -2.47. The van der Waals surface area contributed by atoms with Gasteiger partial charge in [-0.2, -0.15) is 5.26 Å². The maximum absolute atomic E-state index is 14.4. The van der Waals surface area contributed by atoms with Gasteiger partial charge < -0.3 is 14.9 Å². The van der Waals surface area contributed by atoms with E-state index in [0.717, 1.165) is 31.5 Å². The van der Waals surface area contributed by atoms with Crippen LogP contribution in [0.25, 0.3) is 32.2 Å². The number of rotatable bonds is 8. The van der Waals surface area contributed by atoms with Crippen LogP contribution in [0.2, 0.25) is 5.02 Å². The van der Waals surface area contributed by atoms with E-state index in [9.17, 15) is 24.3 Å². The maximum Gasteiger partial charge on any atom is 0.338 e. The van der Waals surface area contributed by atoms with Crippen LogP contribution in [-0.2, 0) is 6.54 Å². The molecular formula is C37H33ClFN7O3S. The summed E-state index contributed by atoms with van der Waals surface area (Å²) in [7, 11) is 0. The van der Waals surface area contributed by atoms with Gasteiger partial charge in [0.25, 0.3) is 5.56 Å². The first kappa shape index (κ1) is 33.6. The molecule has 5 aromatic rings. The summed E-state index contributed by atoms with van der Waals surface area (Å²) in [6.45, 7) is 6.35. The summed E-state index contributed by atoms with van der Waals surface area (Å²) >= 11 is 7.68. The van der Waals surface area contributed by atoms with Crippen LogP contribution >= 0.6 is 22.9 Å². The molecular weight excluding hydrogens is 677 g/mol. The summed E-state index contributed by atoms with van der Waals surface area (Å²) in [4.78, 5) is 43.7. The number of carbonyl (C=O) groups is 1. The van der Waals surface area contributed by atoms with Crippen molar-refractivity contribution >= 4 is 55.8 Å². The Hall–Kier alpha value is -4.88. The average Bonchev–Trinajstić information content (AvgIpc) is 3.66. The molecule has 50 heavy (non-hydrogen) atoms. The van der Waals surface area contributed by atoms with Crippen LogP contribution in [0, 0.1) is 30.1 Å². The zero-order chi connectivity index (χ0) is 35.2. The van der Waals surface area contributed by atoms with Crippen LogP contribution in [0.3, 0.4) is 0 Å². The number of thiophene rings is 1. The molecule has 2 fully saturated rings. The van der Waals surface area contributed by atoms with E-state index in [1.165, 1.54) is 15.9 Å². The summed E-state index contributed by atoms with van der Waals surface area (Å²) in [5.41, 5.74) is 1.74. The number of aromatic nitrogens is 4. The van der Waals surface area contributed by atoms with Crippen molar-refractivity contribution in [3.8, 4) is 29.0 Å². The number of aryl methyl sites for hydroxylation is 1. The van der Waals surface area contributed by atoms with E-state index in [0.29, 0.717) is 69.5 Å². The highest BCUT2D eigenvalue weighted by atomic mass is 35.5. The Bertz CT molecular complexity index is 2330. The Morgan fingerprint density at radius 3 is 2.70 bits per heavy atom. The third kappa shape index (κ3) is 6.31. The number of piperidine rings is 1. The monoisotopic (exact) mass is 709 g/mol. The highest BCUT2D eigenvalue weighted by Gasteiger charge is 2.45. The Morgan fingerprint density at radius 2 is 2.00 bits per heavy atom. The van der Waals surface area contributed by atoms with Crippen molar-refractivity contribution in [3.05, 3.63) is 79.9 Å². The zero-order valence-electron chi connectivity index (χ0n) is 27.5. The molecule has 7 rings (SSSR count). The van der Waals surface area contributed by atoms with Gasteiger partial charge in [0.05, 0.1) is 39.4 Å². The van der Waals surface area contributed by atoms with Gasteiger partial charge in [0.15, 0.2) is 0 Å².